The molecule has 2 unspecified atom stereocenters. The van der Waals surface area contributed by atoms with Crippen LogP contribution in [0.5, 0.6) is 5.75 Å². The maximum Gasteiger partial charge on any atom is 0.267 e. The number of thiophene rings is 1. The summed E-state index contributed by atoms with van der Waals surface area (Å²) in [5, 5.41) is 13.8. The quantitative estimate of drug-likeness (QED) is 0.317. The molecule has 0 fully saturated rings. The third-order valence-corrected chi connectivity index (χ3v) is 9.12. The second-order valence-corrected chi connectivity index (χ2v) is 12.2. The maximum absolute atomic E-state index is 14.0. The van der Waals surface area contributed by atoms with Crippen molar-refractivity contribution >= 4 is 50.8 Å². The van der Waals surface area contributed by atoms with Gasteiger partial charge in [0.05, 0.1) is 30.0 Å². The van der Waals surface area contributed by atoms with Crippen molar-refractivity contribution in [1.82, 2.24) is 14.9 Å². The summed E-state index contributed by atoms with van der Waals surface area (Å²) in [5.41, 5.74) is 0.366. The van der Waals surface area contributed by atoms with Crippen LogP contribution >= 0.6 is 34.7 Å². The van der Waals surface area contributed by atoms with Gasteiger partial charge in [0.15, 0.2) is 5.16 Å². The number of nitrogens with zero attached hydrogens (tertiary/aromatic N) is 3. The van der Waals surface area contributed by atoms with Crippen molar-refractivity contribution in [3.63, 3.8) is 0 Å². The zero-order valence-corrected chi connectivity index (χ0v) is 23.4. The highest BCUT2D eigenvalue weighted by atomic mass is 35.5. The number of methoxy groups -OCH3 is 1. The Kier molecular flexibility index (Phi) is 7.69. The van der Waals surface area contributed by atoms with Crippen LogP contribution in [0.1, 0.15) is 44.6 Å². The molecule has 3 aromatic rings. The molecule has 0 saturated carbocycles. The van der Waals surface area contributed by atoms with Gasteiger partial charge in [-0.2, -0.15) is 5.26 Å². The Morgan fingerprint density at radius 3 is 2.89 bits per heavy atom. The van der Waals surface area contributed by atoms with E-state index in [1.807, 2.05) is 13.8 Å². The molecule has 10 heteroatoms. The third-order valence-electron chi connectivity index (χ3n) is 6.80. The Labute approximate surface area is 223 Å². The molecular formula is C26H29ClN4O3S2. The van der Waals surface area contributed by atoms with E-state index in [9.17, 15) is 14.9 Å². The number of halogens is 1. The smallest absolute Gasteiger partial charge is 0.267 e. The lowest BCUT2D eigenvalue weighted by molar-refractivity contribution is -0.120. The summed E-state index contributed by atoms with van der Waals surface area (Å²) in [6, 6.07) is 7.27. The molecule has 36 heavy (non-hydrogen) atoms. The minimum absolute atomic E-state index is 0.00700. The molecule has 1 N–H and O–H groups in total. The van der Waals surface area contributed by atoms with Gasteiger partial charge in [0, 0.05) is 9.90 Å². The minimum Gasteiger partial charge on any atom is -0.495 e. The summed E-state index contributed by atoms with van der Waals surface area (Å²) < 4.78 is 7.05. The van der Waals surface area contributed by atoms with Gasteiger partial charge in [0.2, 0.25) is 5.91 Å². The SMILES string of the molecule is COc1ccc(Cl)cc1-n1c(SCC(=O)NC(C)(C#N)C(C)C)nc2sc3c(c2c1=O)CCC(C)C3. The van der Waals surface area contributed by atoms with Gasteiger partial charge in [-0.3, -0.25) is 14.2 Å². The molecule has 1 amide bonds. The van der Waals surface area contributed by atoms with E-state index in [0.29, 0.717) is 37.8 Å². The largest absolute Gasteiger partial charge is 0.495 e. The summed E-state index contributed by atoms with van der Waals surface area (Å²) in [6.45, 7) is 7.69. The zero-order valence-electron chi connectivity index (χ0n) is 21.0. The third kappa shape index (κ3) is 4.99. The summed E-state index contributed by atoms with van der Waals surface area (Å²) in [5.74, 6) is 0.653. The molecule has 0 bridgehead atoms. The molecule has 7 nitrogen and oxygen atoms in total. The van der Waals surface area contributed by atoms with E-state index in [4.69, 9.17) is 21.3 Å². The number of nitrogens with one attached hydrogen (secondary N) is 1. The number of amides is 1. The first-order valence-corrected chi connectivity index (χ1v) is 14.0. The molecule has 2 atom stereocenters. The van der Waals surface area contributed by atoms with Gasteiger partial charge in [-0.25, -0.2) is 4.98 Å². The van der Waals surface area contributed by atoms with Gasteiger partial charge >= 0.3 is 0 Å². The van der Waals surface area contributed by atoms with Crippen molar-refractivity contribution < 1.29 is 9.53 Å². The van der Waals surface area contributed by atoms with Crippen molar-refractivity contribution in [3.05, 3.63) is 44.0 Å². The molecule has 2 heterocycles. The van der Waals surface area contributed by atoms with E-state index in [1.165, 1.54) is 16.6 Å². The van der Waals surface area contributed by atoms with Crippen molar-refractivity contribution in [2.75, 3.05) is 12.9 Å². The summed E-state index contributed by atoms with van der Waals surface area (Å²) in [7, 11) is 1.53. The topological polar surface area (TPSA) is 97.0 Å². The average Bonchev–Trinajstić information content (AvgIpc) is 3.20. The van der Waals surface area contributed by atoms with Gasteiger partial charge in [-0.15, -0.1) is 11.3 Å². The number of fused-ring (bicyclic) bond motifs is 3. The minimum atomic E-state index is -0.992. The number of carbonyl (C=O) groups is 1. The summed E-state index contributed by atoms with van der Waals surface area (Å²) >= 11 is 9.03. The van der Waals surface area contributed by atoms with Gasteiger partial charge in [0.25, 0.3) is 5.56 Å². The van der Waals surface area contributed by atoms with Crippen LogP contribution in [0.4, 0.5) is 0 Å². The highest BCUT2D eigenvalue weighted by molar-refractivity contribution is 7.99. The van der Waals surface area contributed by atoms with Crippen LogP contribution in [0.25, 0.3) is 15.9 Å². The van der Waals surface area contributed by atoms with Gasteiger partial charge in [-0.05, 0) is 61.8 Å². The monoisotopic (exact) mass is 544 g/mol. The van der Waals surface area contributed by atoms with Crippen LogP contribution in [-0.4, -0.2) is 33.9 Å². The maximum atomic E-state index is 14.0. The van der Waals surface area contributed by atoms with Crippen LogP contribution < -0.4 is 15.6 Å². The fraction of sp³-hybridized carbons (Fsp3) is 0.462. The average molecular weight is 545 g/mol. The summed E-state index contributed by atoms with van der Waals surface area (Å²) in [6.07, 6.45) is 2.81. The lowest BCUT2D eigenvalue weighted by Crippen LogP contribution is -2.49. The molecule has 0 saturated heterocycles. The molecule has 190 valence electrons. The summed E-state index contributed by atoms with van der Waals surface area (Å²) in [4.78, 5) is 33.6. The normalized spacial score (nSPS) is 16.9. The van der Waals surface area contributed by atoms with Crippen LogP contribution in [0.15, 0.2) is 28.2 Å². The van der Waals surface area contributed by atoms with Crippen molar-refractivity contribution in [1.29, 1.82) is 5.26 Å². The van der Waals surface area contributed by atoms with E-state index in [0.717, 1.165) is 36.6 Å². The molecule has 1 aliphatic rings. The van der Waals surface area contributed by atoms with Gasteiger partial charge in [-0.1, -0.05) is 44.1 Å². The molecule has 0 radical (unpaired) electrons. The van der Waals surface area contributed by atoms with Crippen molar-refractivity contribution in [3.8, 4) is 17.5 Å². The Balaban J connectivity index is 1.82. The number of aromatic nitrogens is 2. The number of benzene rings is 1. The number of hydrogen-bond donors (Lipinski definition) is 1. The zero-order chi connectivity index (χ0) is 26.2. The fourth-order valence-electron chi connectivity index (χ4n) is 4.28. The van der Waals surface area contributed by atoms with E-state index >= 15 is 0 Å². The molecule has 0 spiro atoms. The van der Waals surface area contributed by atoms with Crippen molar-refractivity contribution in [2.24, 2.45) is 11.8 Å². The lowest BCUT2D eigenvalue weighted by atomic mass is 9.89. The number of nitriles is 1. The van der Waals surface area contributed by atoms with E-state index in [1.54, 1.807) is 36.5 Å². The Morgan fingerprint density at radius 1 is 1.47 bits per heavy atom. The predicted octanol–water partition coefficient (Wildman–Crippen LogP) is 5.38. The first-order valence-electron chi connectivity index (χ1n) is 11.8. The molecule has 1 aromatic carbocycles. The first kappa shape index (κ1) is 26.5. The standard InChI is InChI=1S/C26H29ClN4O3S2/c1-14(2)26(4,13-28)30-21(32)12-35-25-29-23-22(17-8-6-15(3)10-20(17)36-23)24(33)31(25)18-11-16(27)7-9-19(18)34-5/h7,9,11,14-15H,6,8,10,12H2,1-5H3,(H,30,32). The van der Waals surface area contributed by atoms with Crippen LogP contribution in [0, 0.1) is 23.2 Å². The highest BCUT2D eigenvalue weighted by Gasteiger charge is 2.31. The Hall–Kier alpha value is -2.54. The van der Waals surface area contributed by atoms with Crippen molar-refractivity contribution in [2.45, 2.75) is 57.7 Å². The predicted molar refractivity (Wildman–Crippen MR) is 146 cm³/mol. The molecular weight excluding hydrogens is 516 g/mol. The van der Waals surface area contributed by atoms with E-state index in [2.05, 4.69) is 18.3 Å². The number of ether oxygens (including phenoxy) is 1. The van der Waals surface area contributed by atoms with E-state index < -0.39 is 5.54 Å². The number of hydrogen-bond acceptors (Lipinski definition) is 7. The number of rotatable bonds is 7. The second kappa shape index (κ2) is 10.4. The van der Waals surface area contributed by atoms with E-state index in [-0.39, 0.29) is 23.1 Å². The molecule has 2 aromatic heterocycles. The highest BCUT2D eigenvalue weighted by Crippen LogP contribution is 2.38. The second-order valence-electron chi connectivity index (χ2n) is 9.69. The number of carbonyl (C=O) groups excluding carboxylic acids is 1. The number of thioether (sulfide) groups is 1. The Bertz CT molecular complexity index is 1430. The molecule has 4 rings (SSSR count). The number of aryl methyl sites for hydroxylation is 1. The molecule has 1 aliphatic carbocycles. The Morgan fingerprint density at radius 2 is 2.22 bits per heavy atom. The van der Waals surface area contributed by atoms with Crippen LogP contribution in [0.3, 0.4) is 0 Å². The van der Waals surface area contributed by atoms with Gasteiger partial charge in [0.1, 0.15) is 16.1 Å². The van der Waals surface area contributed by atoms with Crippen LogP contribution in [0.2, 0.25) is 5.02 Å². The first-order chi connectivity index (χ1) is 17.1. The van der Waals surface area contributed by atoms with Crippen LogP contribution in [-0.2, 0) is 17.6 Å². The lowest BCUT2D eigenvalue weighted by Gasteiger charge is -2.27. The fourth-order valence-corrected chi connectivity index (χ4v) is 6.67. The van der Waals surface area contributed by atoms with Gasteiger partial charge < -0.3 is 10.1 Å². The molecule has 0 aliphatic heterocycles.